The van der Waals surface area contributed by atoms with E-state index in [1.54, 1.807) is 24.3 Å². The quantitative estimate of drug-likeness (QED) is 0.703. The van der Waals surface area contributed by atoms with Gasteiger partial charge in [0.1, 0.15) is 5.82 Å². The maximum Gasteiger partial charge on any atom is 0.127 e. The third kappa shape index (κ3) is 2.24. The Morgan fingerprint density at radius 2 is 2.07 bits per heavy atom. The van der Waals surface area contributed by atoms with E-state index >= 15 is 0 Å². The minimum atomic E-state index is -0.231. The first-order valence-electron chi connectivity index (χ1n) is 4.44. The average molecular weight is 282 g/mol. The zero-order valence-corrected chi connectivity index (χ0v) is 10.1. The van der Waals surface area contributed by atoms with Gasteiger partial charge in [0, 0.05) is 20.8 Å². The molecule has 0 amide bonds. The van der Waals surface area contributed by atoms with Crippen molar-refractivity contribution in [2.45, 2.75) is 5.92 Å². The molecule has 0 fully saturated rings. The summed E-state index contributed by atoms with van der Waals surface area (Å²) in [6.45, 7) is 0. The number of thiocarbonyl (C=S) groups is 1. The molecule has 1 aliphatic carbocycles. The van der Waals surface area contributed by atoms with Gasteiger partial charge >= 0.3 is 0 Å². The Morgan fingerprint density at radius 1 is 1.33 bits per heavy atom. The molecule has 1 unspecified atom stereocenters. The van der Waals surface area contributed by atoms with Crippen LogP contribution < -0.4 is 0 Å². The second-order valence-corrected chi connectivity index (χ2v) is 4.56. The highest BCUT2D eigenvalue weighted by Gasteiger charge is 2.19. The molecule has 1 aromatic carbocycles. The van der Waals surface area contributed by atoms with Gasteiger partial charge in [-0.2, -0.15) is 0 Å². The van der Waals surface area contributed by atoms with E-state index in [0.29, 0.717) is 10.4 Å². The second kappa shape index (κ2) is 4.37. The largest absolute Gasteiger partial charge is 0.207 e. The fourth-order valence-electron chi connectivity index (χ4n) is 1.47. The van der Waals surface area contributed by atoms with Gasteiger partial charge < -0.3 is 0 Å². The van der Waals surface area contributed by atoms with Crippen molar-refractivity contribution >= 4 is 33.0 Å². The molecule has 1 aliphatic rings. The van der Waals surface area contributed by atoms with E-state index in [1.165, 1.54) is 6.07 Å². The molecule has 15 heavy (non-hydrogen) atoms. The van der Waals surface area contributed by atoms with Crippen molar-refractivity contribution < 1.29 is 4.39 Å². The summed E-state index contributed by atoms with van der Waals surface area (Å²) in [5.41, 5.74) is 0.597. The number of hydrogen-bond donors (Lipinski definition) is 0. The van der Waals surface area contributed by atoms with E-state index < -0.39 is 0 Å². The summed E-state index contributed by atoms with van der Waals surface area (Å²) in [6, 6.07) is 6.66. The minimum Gasteiger partial charge on any atom is -0.207 e. The van der Waals surface area contributed by atoms with Gasteiger partial charge in [-0.25, -0.2) is 4.39 Å². The molecule has 75 valence electrons. The second-order valence-electron chi connectivity index (χ2n) is 3.20. The van der Waals surface area contributed by atoms with Crippen LogP contribution in [-0.4, -0.2) is 4.86 Å². The van der Waals surface area contributed by atoms with Gasteiger partial charge in [0.25, 0.3) is 0 Å². The molecular formula is C12H7BrFS. The smallest absolute Gasteiger partial charge is 0.127 e. The van der Waals surface area contributed by atoms with Crippen LogP contribution >= 0.6 is 28.1 Å². The van der Waals surface area contributed by atoms with Crippen LogP contribution in [0.25, 0.3) is 0 Å². The van der Waals surface area contributed by atoms with Gasteiger partial charge in [0.15, 0.2) is 0 Å². The van der Waals surface area contributed by atoms with Crippen molar-refractivity contribution in [1.29, 1.82) is 0 Å². The first-order chi connectivity index (χ1) is 7.18. The van der Waals surface area contributed by atoms with Crippen molar-refractivity contribution in [3.05, 3.63) is 58.4 Å². The molecule has 0 aliphatic heterocycles. The highest BCUT2D eigenvalue weighted by Crippen LogP contribution is 2.28. The molecule has 0 saturated carbocycles. The zero-order chi connectivity index (χ0) is 10.8. The van der Waals surface area contributed by atoms with Gasteiger partial charge in [-0.3, -0.25) is 0 Å². The van der Waals surface area contributed by atoms with E-state index in [4.69, 9.17) is 12.2 Å². The Morgan fingerprint density at radius 3 is 2.80 bits per heavy atom. The maximum atomic E-state index is 13.5. The summed E-state index contributed by atoms with van der Waals surface area (Å²) < 4.78 is 14.4. The Hall–Kier alpha value is -0.800. The third-order valence-corrected chi connectivity index (χ3v) is 3.07. The van der Waals surface area contributed by atoms with Crippen molar-refractivity contribution in [1.82, 2.24) is 0 Å². The monoisotopic (exact) mass is 281 g/mol. The summed E-state index contributed by atoms with van der Waals surface area (Å²) in [7, 11) is 0. The Labute approximate surface area is 102 Å². The number of allylic oxidation sites excluding steroid dienone is 4. The van der Waals surface area contributed by atoms with E-state index in [9.17, 15) is 4.39 Å². The molecular weight excluding hydrogens is 275 g/mol. The molecule has 2 rings (SSSR count). The van der Waals surface area contributed by atoms with Crippen molar-refractivity contribution in [3.8, 4) is 0 Å². The molecule has 0 spiro atoms. The Balaban J connectivity index is 2.44. The predicted molar refractivity (Wildman–Crippen MR) is 66.6 cm³/mol. The third-order valence-electron chi connectivity index (χ3n) is 2.20. The molecule has 0 N–H and O–H groups in total. The lowest BCUT2D eigenvalue weighted by Crippen LogP contribution is -2.10. The van der Waals surface area contributed by atoms with Gasteiger partial charge in [-0.05, 0) is 18.2 Å². The lowest BCUT2D eigenvalue weighted by atomic mass is 9.92. The molecule has 0 nitrogen and oxygen atoms in total. The molecule has 1 aromatic rings. The maximum absolute atomic E-state index is 13.5. The van der Waals surface area contributed by atoms with Crippen molar-refractivity contribution in [2.24, 2.45) is 0 Å². The average Bonchev–Trinajstić information content (AvgIpc) is 2.23. The number of hydrogen-bond acceptors (Lipinski definition) is 1. The van der Waals surface area contributed by atoms with E-state index in [1.807, 2.05) is 6.08 Å². The van der Waals surface area contributed by atoms with E-state index in [2.05, 4.69) is 22.0 Å². The first kappa shape index (κ1) is 10.7. The zero-order valence-electron chi connectivity index (χ0n) is 7.71. The van der Waals surface area contributed by atoms with Gasteiger partial charge in [0.05, 0.1) is 0 Å². The molecule has 1 radical (unpaired) electrons. The van der Waals surface area contributed by atoms with Crippen LogP contribution in [0.1, 0.15) is 11.5 Å². The number of benzene rings is 1. The van der Waals surface area contributed by atoms with Crippen LogP contribution in [0.4, 0.5) is 4.39 Å². The summed E-state index contributed by atoms with van der Waals surface area (Å²) >= 11 is 8.49. The van der Waals surface area contributed by atoms with Crippen LogP contribution in [0, 0.1) is 11.9 Å². The Kier molecular flexibility index (Phi) is 3.12. The van der Waals surface area contributed by atoms with Crippen LogP contribution in [0.5, 0.6) is 0 Å². The summed E-state index contributed by atoms with van der Waals surface area (Å²) in [5.74, 6) is -0.425. The fourth-order valence-corrected chi connectivity index (χ4v) is 2.10. The number of rotatable bonds is 1. The van der Waals surface area contributed by atoms with Crippen molar-refractivity contribution in [2.75, 3.05) is 0 Å². The lowest BCUT2D eigenvalue weighted by Gasteiger charge is -2.16. The molecule has 3 heteroatoms. The topological polar surface area (TPSA) is 0 Å². The predicted octanol–water partition coefficient (Wildman–Crippen LogP) is 3.93. The lowest BCUT2D eigenvalue weighted by molar-refractivity contribution is 0.612. The fraction of sp³-hybridized carbons (Fsp3) is 0.0833. The van der Waals surface area contributed by atoms with Crippen LogP contribution in [0.2, 0.25) is 0 Å². The van der Waals surface area contributed by atoms with Gasteiger partial charge in [0.2, 0.25) is 0 Å². The van der Waals surface area contributed by atoms with Crippen LogP contribution in [-0.2, 0) is 0 Å². The summed E-state index contributed by atoms with van der Waals surface area (Å²) in [5, 5.41) is 0. The normalized spacial score (nSPS) is 20.3. The Bertz CT molecular complexity index is 462. The summed E-state index contributed by atoms with van der Waals surface area (Å²) in [4.78, 5) is 0.614. The highest BCUT2D eigenvalue weighted by molar-refractivity contribution is 9.11. The molecule has 0 saturated heterocycles. The van der Waals surface area contributed by atoms with E-state index in [-0.39, 0.29) is 11.7 Å². The first-order valence-corrected chi connectivity index (χ1v) is 5.64. The standard InChI is InChI=1S/C12H7BrFS/c13-8-5-6-12(15)10(7-8)9-3-1-2-4-11(9)14/h1-5,7,10H. The number of halogens is 2. The molecule has 0 heterocycles. The SMILES string of the molecule is Fc1ccccc1C1C=C(Br)C=[C]C1=S. The van der Waals surface area contributed by atoms with Crippen molar-refractivity contribution in [3.63, 3.8) is 0 Å². The summed E-state index contributed by atoms with van der Waals surface area (Å²) in [6.07, 6.45) is 6.57. The minimum absolute atomic E-state index is 0.194. The van der Waals surface area contributed by atoms with Gasteiger partial charge in [-0.15, -0.1) is 0 Å². The van der Waals surface area contributed by atoms with Crippen LogP contribution in [0.15, 0.2) is 40.9 Å². The van der Waals surface area contributed by atoms with Gasteiger partial charge in [-0.1, -0.05) is 52.4 Å². The van der Waals surface area contributed by atoms with Crippen LogP contribution in [0.3, 0.4) is 0 Å². The molecule has 0 bridgehead atoms. The highest BCUT2D eigenvalue weighted by atomic mass is 79.9. The molecule has 0 aromatic heterocycles. The van der Waals surface area contributed by atoms with E-state index in [0.717, 1.165) is 4.48 Å². The molecule has 1 atom stereocenters.